The van der Waals surface area contributed by atoms with E-state index in [9.17, 15) is 13.2 Å². The summed E-state index contributed by atoms with van der Waals surface area (Å²) in [5.74, 6) is 0.0809. The molecule has 0 aliphatic rings. The van der Waals surface area contributed by atoms with Crippen LogP contribution >= 0.6 is 11.6 Å². The molecule has 0 unspecified atom stereocenters. The van der Waals surface area contributed by atoms with E-state index in [1.54, 1.807) is 54.6 Å². The monoisotopic (exact) mass is 472 g/mol. The summed E-state index contributed by atoms with van der Waals surface area (Å²) in [6.07, 6.45) is 0. The number of carbonyl (C=O) groups is 1. The number of hydrogen-bond donors (Lipinski definition) is 1. The molecule has 1 N–H and O–H groups in total. The zero-order valence-corrected chi connectivity index (χ0v) is 19.5. The topological polar surface area (TPSA) is 75.7 Å². The van der Waals surface area contributed by atoms with Crippen LogP contribution in [-0.2, 0) is 14.8 Å². The third kappa shape index (κ3) is 5.81. The van der Waals surface area contributed by atoms with Crippen molar-refractivity contribution in [1.82, 2.24) is 5.32 Å². The molecule has 0 radical (unpaired) electrons. The minimum Gasteiger partial charge on any atom is -0.490 e. The van der Waals surface area contributed by atoms with Crippen molar-refractivity contribution in [3.05, 3.63) is 88.9 Å². The van der Waals surface area contributed by atoms with Gasteiger partial charge in [0.2, 0.25) is 5.91 Å². The third-order valence-corrected chi connectivity index (χ3v) is 7.02. The number of nitrogens with one attached hydrogen (secondary N) is 1. The molecule has 0 bridgehead atoms. The Hall–Kier alpha value is -3.03. The number of hydrogen-bond acceptors (Lipinski definition) is 4. The van der Waals surface area contributed by atoms with E-state index in [2.05, 4.69) is 5.32 Å². The molecule has 0 heterocycles. The second kappa shape index (κ2) is 10.5. The number of benzene rings is 3. The molecule has 32 heavy (non-hydrogen) atoms. The predicted octanol–water partition coefficient (Wildman–Crippen LogP) is 4.35. The number of ether oxygens (including phenoxy) is 1. The van der Waals surface area contributed by atoms with E-state index in [1.165, 1.54) is 12.1 Å². The molecule has 8 heteroatoms. The van der Waals surface area contributed by atoms with Gasteiger partial charge in [-0.05, 0) is 61.4 Å². The summed E-state index contributed by atoms with van der Waals surface area (Å²) in [5, 5.41) is 3.19. The van der Waals surface area contributed by atoms with E-state index < -0.39 is 15.9 Å². The lowest BCUT2D eigenvalue weighted by Crippen LogP contribution is -2.42. The van der Waals surface area contributed by atoms with E-state index >= 15 is 0 Å². The fourth-order valence-corrected chi connectivity index (χ4v) is 4.64. The first kappa shape index (κ1) is 23.6. The third-order valence-electron chi connectivity index (χ3n) is 4.92. The molecular formula is C24H25ClN2O4S. The lowest BCUT2D eigenvalue weighted by atomic mass is 10.1. The van der Waals surface area contributed by atoms with Gasteiger partial charge in [0, 0.05) is 0 Å². The van der Waals surface area contributed by atoms with E-state index in [4.69, 9.17) is 16.3 Å². The maximum atomic E-state index is 13.3. The number of rotatable bonds is 9. The van der Waals surface area contributed by atoms with Crippen molar-refractivity contribution in [2.24, 2.45) is 0 Å². The van der Waals surface area contributed by atoms with Gasteiger partial charge in [-0.1, -0.05) is 48.0 Å². The Morgan fingerprint density at radius 1 is 0.969 bits per heavy atom. The van der Waals surface area contributed by atoms with E-state index in [0.29, 0.717) is 16.5 Å². The van der Waals surface area contributed by atoms with E-state index in [-0.39, 0.29) is 24.6 Å². The van der Waals surface area contributed by atoms with Crippen molar-refractivity contribution in [2.75, 3.05) is 24.0 Å². The molecule has 6 nitrogen and oxygen atoms in total. The second-order valence-electron chi connectivity index (χ2n) is 7.22. The predicted molar refractivity (Wildman–Crippen MR) is 127 cm³/mol. The zero-order valence-electron chi connectivity index (χ0n) is 17.9. The quantitative estimate of drug-likeness (QED) is 0.470. The maximum absolute atomic E-state index is 13.3. The van der Waals surface area contributed by atoms with Crippen molar-refractivity contribution >= 4 is 33.2 Å². The van der Waals surface area contributed by atoms with Gasteiger partial charge in [-0.3, -0.25) is 9.10 Å². The Morgan fingerprint density at radius 3 is 2.34 bits per heavy atom. The van der Waals surface area contributed by atoms with Crippen LogP contribution in [0.4, 0.5) is 5.69 Å². The average molecular weight is 473 g/mol. The Labute approximate surface area is 193 Å². The number of para-hydroxylation sites is 1. The number of carbonyl (C=O) groups excluding carboxylic acids is 1. The number of halogens is 1. The normalized spacial score (nSPS) is 11.1. The van der Waals surface area contributed by atoms with Crippen molar-refractivity contribution in [3.8, 4) is 5.75 Å². The standard InChI is InChI=1S/C24H25ClN2O4S/c1-18-12-13-20(16-19(18)2)27(32(29,30)21-8-4-3-5-9-21)17-24(28)26-14-15-31-23-11-7-6-10-22(23)25/h3-13,16H,14-15,17H2,1-2H3,(H,26,28). The van der Waals surface area contributed by atoms with E-state index in [1.807, 2.05) is 19.9 Å². The van der Waals surface area contributed by atoms with Crippen LogP contribution in [0.3, 0.4) is 0 Å². The van der Waals surface area contributed by atoms with Crippen LogP contribution in [-0.4, -0.2) is 34.0 Å². The summed E-state index contributed by atoms with van der Waals surface area (Å²) >= 11 is 6.05. The summed E-state index contributed by atoms with van der Waals surface area (Å²) < 4.78 is 33.3. The van der Waals surface area contributed by atoms with Crippen LogP contribution in [0.25, 0.3) is 0 Å². The average Bonchev–Trinajstić information content (AvgIpc) is 2.78. The highest BCUT2D eigenvalue weighted by Gasteiger charge is 2.27. The van der Waals surface area contributed by atoms with E-state index in [0.717, 1.165) is 15.4 Å². The first-order valence-corrected chi connectivity index (χ1v) is 11.9. The molecule has 3 aromatic rings. The Bertz CT molecular complexity index is 1180. The van der Waals surface area contributed by atoms with Crippen molar-refractivity contribution < 1.29 is 17.9 Å². The molecule has 0 saturated heterocycles. The number of anilines is 1. The molecule has 0 spiro atoms. The molecule has 3 rings (SSSR count). The van der Waals surface area contributed by atoms with Crippen LogP contribution in [0, 0.1) is 13.8 Å². The fourth-order valence-electron chi connectivity index (χ4n) is 3.02. The van der Waals surface area contributed by atoms with Crippen LogP contribution in [0.5, 0.6) is 5.75 Å². The smallest absolute Gasteiger partial charge is 0.264 e. The molecule has 0 fully saturated rings. The molecule has 0 aliphatic carbocycles. The molecule has 0 saturated carbocycles. The highest BCUT2D eigenvalue weighted by atomic mass is 35.5. The summed E-state index contributed by atoms with van der Waals surface area (Å²) in [4.78, 5) is 12.8. The van der Waals surface area contributed by atoms with Crippen molar-refractivity contribution in [1.29, 1.82) is 0 Å². The van der Waals surface area contributed by atoms with Crippen molar-refractivity contribution in [2.45, 2.75) is 18.7 Å². The van der Waals surface area contributed by atoms with Gasteiger partial charge < -0.3 is 10.1 Å². The molecule has 0 atom stereocenters. The van der Waals surface area contributed by atoms with Gasteiger partial charge in [0.25, 0.3) is 10.0 Å². The first-order valence-electron chi connectivity index (χ1n) is 10.1. The largest absolute Gasteiger partial charge is 0.490 e. The van der Waals surface area contributed by atoms with Gasteiger partial charge in [-0.25, -0.2) is 8.42 Å². The van der Waals surface area contributed by atoms with Crippen LogP contribution < -0.4 is 14.4 Å². The summed E-state index contributed by atoms with van der Waals surface area (Å²) in [7, 11) is -3.93. The molecule has 1 amide bonds. The highest BCUT2D eigenvalue weighted by molar-refractivity contribution is 7.92. The molecular weight excluding hydrogens is 448 g/mol. The SMILES string of the molecule is Cc1ccc(N(CC(=O)NCCOc2ccccc2Cl)S(=O)(=O)c2ccccc2)cc1C. The summed E-state index contributed by atoms with van der Waals surface area (Å²) in [6.45, 7) is 3.89. The van der Waals surface area contributed by atoms with Crippen molar-refractivity contribution in [3.63, 3.8) is 0 Å². The van der Waals surface area contributed by atoms with Gasteiger partial charge in [-0.2, -0.15) is 0 Å². The molecule has 3 aromatic carbocycles. The lowest BCUT2D eigenvalue weighted by molar-refractivity contribution is -0.119. The lowest BCUT2D eigenvalue weighted by Gasteiger charge is -2.25. The Morgan fingerprint density at radius 2 is 1.66 bits per heavy atom. The maximum Gasteiger partial charge on any atom is 0.264 e. The summed E-state index contributed by atoms with van der Waals surface area (Å²) in [6, 6.07) is 20.4. The van der Waals surface area contributed by atoms with Gasteiger partial charge >= 0.3 is 0 Å². The molecule has 0 aromatic heterocycles. The number of aryl methyl sites for hydroxylation is 2. The second-order valence-corrected chi connectivity index (χ2v) is 9.49. The van der Waals surface area contributed by atoms with Gasteiger partial charge in [0.15, 0.2) is 0 Å². The minimum absolute atomic E-state index is 0.119. The fraction of sp³-hybridized carbons (Fsp3) is 0.208. The molecule has 168 valence electrons. The van der Waals surface area contributed by atoms with Gasteiger partial charge in [-0.15, -0.1) is 0 Å². The minimum atomic E-state index is -3.93. The molecule has 0 aliphatic heterocycles. The Kier molecular flexibility index (Phi) is 7.77. The Balaban J connectivity index is 1.73. The van der Waals surface area contributed by atoms with Crippen LogP contribution in [0.15, 0.2) is 77.7 Å². The van der Waals surface area contributed by atoms with Gasteiger partial charge in [0.1, 0.15) is 18.9 Å². The number of nitrogens with zero attached hydrogens (tertiary/aromatic N) is 1. The highest BCUT2D eigenvalue weighted by Crippen LogP contribution is 2.26. The number of amides is 1. The first-order chi connectivity index (χ1) is 15.3. The number of sulfonamides is 1. The van der Waals surface area contributed by atoms with Crippen LogP contribution in [0.2, 0.25) is 5.02 Å². The zero-order chi connectivity index (χ0) is 23.1. The summed E-state index contributed by atoms with van der Waals surface area (Å²) in [5.41, 5.74) is 2.40. The van der Waals surface area contributed by atoms with Gasteiger partial charge in [0.05, 0.1) is 22.2 Å². The van der Waals surface area contributed by atoms with Crippen LogP contribution in [0.1, 0.15) is 11.1 Å².